The highest BCUT2D eigenvalue weighted by Gasteiger charge is 2.34. The number of amides is 2. The minimum absolute atomic E-state index is 0.0636. The van der Waals surface area contributed by atoms with E-state index in [-0.39, 0.29) is 31.0 Å². The Hall–Kier alpha value is -3.13. The van der Waals surface area contributed by atoms with Crippen molar-refractivity contribution in [3.05, 3.63) is 45.8 Å². The van der Waals surface area contributed by atoms with Gasteiger partial charge in [0.25, 0.3) is 0 Å². The van der Waals surface area contributed by atoms with E-state index in [0.717, 1.165) is 21.8 Å². The van der Waals surface area contributed by atoms with E-state index in [9.17, 15) is 14.9 Å². The Morgan fingerprint density at radius 3 is 2.83 bits per heavy atom. The average molecular weight is 514 g/mol. The van der Waals surface area contributed by atoms with Gasteiger partial charge in [0.2, 0.25) is 5.91 Å². The van der Waals surface area contributed by atoms with E-state index in [4.69, 9.17) is 18.9 Å². The smallest absolute Gasteiger partial charge is 0.410 e. The van der Waals surface area contributed by atoms with Crippen molar-refractivity contribution in [2.75, 3.05) is 32.2 Å². The zero-order valence-electron chi connectivity index (χ0n) is 21.0. The number of hydrogen-bond acceptors (Lipinski definition) is 8. The van der Waals surface area contributed by atoms with Crippen LogP contribution in [0.2, 0.25) is 0 Å². The molecule has 36 heavy (non-hydrogen) atoms. The number of ether oxygens (including phenoxy) is 4. The fraction of sp³-hybridized carbons (Fsp3) is 0.500. The van der Waals surface area contributed by atoms with Crippen molar-refractivity contribution in [1.29, 1.82) is 5.26 Å². The van der Waals surface area contributed by atoms with Crippen LogP contribution in [0.1, 0.15) is 54.7 Å². The summed E-state index contributed by atoms with van der Waals surface area (Å²) < 4.78 is 22.0. The highest BCUT2D eigenvalue weighted by atomic mass is 32.1. The van der Waals surface area contributed by atoms with Crippen molar-refractivity contribution < 1.29 is 28.5 Å². The number of fused-ring (bicyclic) bond motifs is 1. The quantitative estimate of drug-likeness (QED) is 0.584. The summed E-state index contributed by atoms with van der Waals surface area (Å²) in [6.07, 6.45) is 0.0389. The predicted octanol–water partition coefficient (Wildman–Crippen LogP) is 4.41. The fourth-order valence-corrected chi connectivity index (χ4v) is 5.74. The molecule has 0 radical (unpaired) electrons. The average Bonchev–Trinajstić information content (AvgIpc) is 3.39. The third kappa shape index (κ3) is 5.81. The highest BCUT2D eigenvalue weighted by Crippen LogP contribution is 2.37. The second-order valence-corrected chi connectivity index (χ2v) is 10.5. The Bertz CT molecular complexity index is 1170. The lowest BCUT2D eigenvalue weighted by Crippen LogP contribution is -2.37. The summed E-state index contributed by atoms with van der Waals surface area (Å²) in [5, 5.41) is 13.2. The van der Waals surface area contributed by atoms with Crippen LogP contribution in [-0.4, -0.2) is 55.7 Å². The predicted molar refractivity (Wildman–Crippen MR) is 134 cm³/mol. The van der Waals surface area contributed by atoms with E-state index in [0.29, 0.717) is 36.7 Å². The number of benzene rings is 1. The van der Waals surface area contributed by atoms with E-state index in [1.807, 2.05) is 45.0 Å². The van der Waals surface area contributed by atoms with Crippen LogP contribution in [0.3, 0.4) is 0 Å². The molecule has 1 saturated heterocycles. The fourth-order valence-electron chi connectivity index (χ4n) is 4.51. The normalized spacial score (nSPS) is 19.2. The summed E-state index contributed by atoms with van der Waals surface area (Å²) in [5.74, 6) is -0.175. The van der Waals surface area contributed by atoms with Crippen molar-refractivity contribution >= 4 is 28.3 Å². The van der Waals surface area contributed by atoms with E-state index < -0.39 is 11.9 Å². The third-order valence-corrected chi connectivity index (χ3v) is 7.43. The van der Waals surface area contributed by atoms with Gasteiger partial charge in [-0.15, -0.1) is 11.3 Å². The number of nitriles is 1. The van der Waals surface area contributed by atoms with Crippen LogP contribution >= 0.6 is 11.3 Å². The number of carbonyl (C=O) groups is 2. The first-order chi connectivity index (χ1) is 17.2. The minimum Gasteiger partial charge on any atom is -0.496 e. The topological polar surface area (TPSA) is 110 Å². The lowest BCUT2D eigenvalue weighted by Gasteiger charge is -2.26. The molecule has 2 aliphatic rings. The molecule has 1 N–H and O–H groups in total. The van der Waals surface area contributed by atoms with Crippen LogP contribution in [0, 0.1) is 11.3 Å². The Balaban J connectivity index is 1.37. The van der Waals surface area contributed by atoms with Gasteiger partial charge in [-0.05, 0) is 43.4 Å². The molecule has 192 valence electrons. The Kier molecular flexibility index (Phi) is 7.83. The van der Waals surface area contributed by atoms with Crippen LogP contribution in [0.5, 0.6) is 5.75 Å². The molecule has 2 aliphatic heterocycles. The molecule has 2 aromatic rings. The zero-order valence-corrected chi connectivity index (χ0v) is 21.8. The van der Waals surface area contributed by atoms with E-state index in [1.54, 1.807) is 12.0 Å². The molecule has 0 bridgehead atoms. The number of nitrogens with zero attached hydrogens (tertiary/aromatic N) is 2. The first-order valence-corrected chi connectivity index (χ1v) is 12.7. The van der Waals surface area contributed by atoms with Gasteiger partial charge < -0.3 is 29.2 Å². The summed E-state index contributed by atoms with van der Waals surface area (Å²) in [4.78, 5) is 28.0. The Labute approximate surface area is 214 Å². The van der Waals surface area contributed by atoms with Gasteiger partial charge >= 0.3 is 6.09 Å². The second-order valence-electron chi connectivity index (χ2n) is 9.41. The summed E-state index contributed by atoms with van der Waals surface area (Å²) in [7, 11) is 1.61. The summed E-state index contributed by atoms with van der Waals surface area (Å²) in [6, 6.07) is 9.86. The molecule has 0 saturated carbocycles. The van der Waals surface area contributed by atoms with E-state index in [2.05, 4.69) is 11.4 Å². The molecule has 0 spiro atoms. The van der Waals surface area contributed by atoms with Crippen LogP contribution in [-0.2, 0) is 32.0 Å². The molecular weight excluding hydrogens is 482 g/mol. The first kappa shape index (κ1) is 25.9. The SMILES string of the molecule is COc1ccccc1C(C)CC(=O)Nc1sc2c(c1C#N)CCN(C(=O)OCC1COC(C)(C)O1)C2. The molecular formula is C26H31N3O6S. The number of hydrogen-bond donors (Lipinski definition) is 1. The van der Waals surface area contributed by atoms with Crippen LogP contribution in [0.25, 0.3) is 0 Å². The van der Waals surface area contributed by atoms with Gasteiger partial charge in [-0.25, -0.2) is 4.79 Å². The van der Waals surface area contributed by atoms with Crippen LogP contribution < -0.4 is 10.1 Å². The molecule has 4 rings (SSSR count). The maximum Gasteiger partial charge on any atom is 0.410 e. The van der Waals surface area contributed by atoms with Crippen molar-refractivity contribution in [2.24, 2.45) is 0 Å². The number of rotatable bonds is 7. The molecule has 2 unspecified atom stereocenters. The van der Waals surface area contributed by atoms with E-state index in [1.165, 1.54) is 11.3 Å². The molecule has 10 heteroatoms. The highest BCUT2D eigenvalue weighted by molar-refractivity contribution is 7.16. The first-order valence-electron chi connectivity index (χ1n) is 11.9. The number of para-hydroxylation sites is 1. The van der Waals surface area contributed by atoms with Gasteiger partial charge in [0.15, 0.2) is 5.79 Å². The van der Waals surface area contributed by atoms with Gasteiger partial charge in [-0.1, -0.05) is 25.1 Å². The number of anilines is 1. The van der Waals surface area contributed by atoms with Gasteiger partial charge in [0.1, 0.15) is 29.5 Å². The van der Waals surface area contributed by atoms with Crippen LogP contribution in [0.15, 0.2) is 24.3 Å². The van der Waals surface area contributed by atoms with Crippen molar-refractivity contribution in [3.8, 4) is 11.8 Å². The molecule has 3 heterocycles. The van der Waals surface area contributed by atoms with Gasteiger partial charge in [0, 0.05) is 17.8 Å². The van der Waals surface area contributed by atoms with E-state index >= 15 is 0 Å². The molecule has 1 fully saturated rings. The number of thiophene rings is 1. The maximum absolute atomic E-state index is 12.8. The minimum atomic E-state index is -0.673. The van der Waals surface area contributed by atoms with Crippen molar-refractivity contribution in [3.63, 3.8) is 0 Å². The monoisotopic (exact) mass is 513 g/mol. The number of methoxy groups -OCH3 is 1. The number of carbonyl (C=O) groups excluding carboxylic acids is 2. The summed E-state index contributed by atoms with van der Waals surface area (Å²) in [6.45, 7) is 6.86. The maximum atomic E-state index is 12.8. The molecule has 0 aliphatic carbocycles. The zero-order chi connectivity index (χ0) is 25.9. The summed E-state index contributed by atoms with van der Waals surface area (Å²) in [5.41, 5.74) is 2.31. The van der Waals surface area contributed by atoms with Crippen molar-refractivity contribution in [2.45, 2.75) is 58.0 Å². The molecule has 2 atom stereocenters. The van der Waals surface area contributed by atoms with Crippen LogP contribution in [0.4, 0.5) is 9.80 Å². The second kappa shape index (κ2) is 10.9. The van der Waals surface area contributed by atoms with Gasteiger partial charge in [-0.2, -0.15) is 5.26 Å². The number of nitrogens with one attached hydrogen (secondary N) is 1. The Morgan fingerprint density at radius 1 is 1.36 bits per heavy atom. The molecule has 1 aromatic carbocycles. The third-order valence-electron chi connectivity index (χ3n) is 6.30. The standard InChI is InChI=1S/C26H31N3O6S/c1-16(18-7-5-6-8-21(18)32-4)11-23(30)28-24-20(12-27)19-9-10-29(13-22(19)36-24)25(31)33-14-17-15-34-26(2,3)35-17/h5-8,16-17H,9-11,13-15H2,1-4H3,(H,28,30). The largest absolute Gasteiger partial charge is 0.496 e. The Morgan fingerprint density at radius 2 is 2.14 bits per heavy atom. The molecule has 2 amide bonds. The molecule has 1 aromatic heterocycles. The lowest BCUT2D eigenvalue weighted by atomic mass is 9.96. The van der Waals surface area contributed by atoms with Crippen molar-refractivity contribution in [1.82, 2.24) is 4.90 Å². The van der Waals surface area contributed by atoms with Gasteiger partial charge in [0.05, 0.1) is 25.8 Å². The molecule has 9 nitrogen and oxygen atoms in total. The lowest BCUT2D eigenvalue weighted by molar-refractivity contribution is -0.143. The summed E-state index contributed by atoms with van der Waals surface area (Å²) >= 11 is 1.34. The van der Waals surface area contributed by atoms with Gasteiger partial charge in [-0.3, -0.25) is 4.79 Å².